The molecular formula is C10H10N2O4. The molecule has 1 rings (SSSR count). The molecule has 0 bridgehead atoms. The van der Waals surface area contributed by atoms with Crippen molar-refractivity contribution in [2.24, 2.45) is 0 Å². The lowest BCUT2D eigenvalue weighted by Crippen LogP contribution is -2.03. The molecule has 0 saturated carbocycles. The van der Waals surface area contributed by atoms with E-state index in [1.165, 1.54) is 6.07 Å². The molecule has 0 amide bonds. The van der Waals surface area contributed by atoms with Gasteiger partial charge in [-0.05, 0) is 19.1 Å². The van der Waals surface area contributed by atoms with Gasteiger partial charge >= 0.3 is 5.97 Å². The molecule has 0 aliphatic carbocycles. The van der Waals surface area contributed by atoms with Gasteiger partial charge in [0.15, 0.2) is 0 Å². The summed E-state index contributed by atoms with van der Waals surface area (Å²) in [7, 11) is 0. The van der Waals surface area contributed by atoms with Crippen LogP contribution in [0.25, 0.3) is 0 Å². The van der Waals surface area contributed by atoms with Gasteiger partial charge in [0.05, 0.1) is 22.4 Å². The molecule has 1 aromatic rings. The number of anilines is 1. The van der Waals surface area contributed by atoms with Crippen molar-refractivity contribution in [3.05, 3.63) is 51.8 Å². The van der Waals surface area contributed by atoms with Gasteiger partial charge in [-0.2, -0.15) is 0 Å². The Labute approximate surface area is 91.4 Å². The van der Waals surface area contributed by atoms with E-state index < -0.39 is 10.9 Å². The van der Waals surface area contributed by atoms with Crippen LogP contribution in [0, 0.1) is 17.0 Å². The molecule has 16 heavy (non-hydrogen) atoms. The van der Waals surface area contributed by atoms with Crippen molar-refractivity contribution in [3.8, 4) is 0 Å². The molecule has 1 aromatic carbocycles. The average molecular weight is 222 g/mol. The third-order valence-electron chi connectivity index (χ3n) is 1.84. The molecule has 0 unspecified atom stereocenters. The lowest BCUT2D eigenvalue weighted by molar-refractivity contribution is -0.402. The first-order valence-corrected chi connectivity index (χ1v) is 4.41. The normalized spacial score (nSPS) is 10.3. The van der Waals surface area contributed by atoms with Gasteiger partial charge in [0.2, 0.25) is 6.20 Å². The van der Waals surface area contributed by atoms with Gasteiger partial charge in [-0.15, -0.1) is 0 Å². The number of rotatable bonds is 4. The summed E-state index contributed by atoms with van der Waals surface area (Å²) in [6, 6.07) is 4.77. The van der Waals surface area contributed by atoms with Crippen LogP contribution in [0.1, 0.15) is 15.9 Å². The molecule has 0 saturated heterocycles. The van der Waals surface area contributed by atoms with Crippen LogP contribution < -0.4 is 5.32 Å². The Morgan fingerprint density at radius 2 is 2.25 bits per heavy atom. The highest BCUT2D eigenvalue weighted by molar-refractivity contribution is 5.94. The summed E-state index contributed by atoms with van der Waals surface area (Å²) in [5, 5.41) is 21.5. The van der Waals surface area contributed by atoms with E-state index in [0.29, 0.717) is 11.9 Å². The Kier molecular flexibility index (Phi) is 3.60. The summed E-state index contributed by atoms with van der Waals surface area (Å²) in [6.07, 6.45) is 1.78. The first-order valence-electron chi connectivity index (χ1n) is 4.41. The van der Waals surface area contributed by atoms with Crippen LogP contribution in [-0.4, -0.2) is 16.0 Å². The summed E-state index contributed by atoms with van der Waals surface area (Å²) in [5.74, 6) is -1.08. The number of carboxylic acids is 1. The fraction of sp³-hybridized carbons (Fsp3) is 0.100. The number of nitrogens with one attached hydrogen (secondary N) is 1. The van der Waals surface area contributed by atoms with E-state index in [0.717, 1.165) is 11.8 Å². The second kappa shape index (κ2) is 4.92. The average Bonchev–Trinajstić information content (AvgIpc) is 2.19. The number of hydrogen-bond acceptors (Lipinski definition) is 4. The van der Waals surface area contributed by atoms with E-state index >= 15 is 0 Å². The Morgan fingerprint density at radius 3 is 2.81 bits per heavy atom. The molecular weight excluding hydrogens is 212 g/mol. The number of aryl methyl sites for hydroxylation is 1. The van der Waals surface area contributed by atoms with Gasteiger partial charge in [-0.3, -0.25) is 10.1 Å². The van der Waals surface area contributed by atoms with E-state index in [-0.39, 0.29) is 5.56 Å². The molecule has 2 N–H and O–H groups in total. The van der Waals surface area contributed by atoms with Crippen molar-refractivity contribution in [3.63, 3.8) is 0 Å². The van der Waals surface area contributed by atoms with Crippen LogP contribution in [0.15, 0.2) is 30.6 Å². The van der Waals surface area contributed by atoms with Crippen molar-refractivity contribution in [1.82, 2.24) is 0 Å². The Balaban J connectivity index is 2.95. The summed E-state index contributed by atoms with van der Waals surface area (Å²) >= 11 is 0. The minimum absolute atomic E-state index is 0.0768. The molecule has 84 valence electrons. The fourth-order valence-corrected chi connectivity index (χ4v) is 1.15. The van der Waals surface area contributed by atoms with Crippen molar-refractivity contribution in [2.75, 3.05) is 5.32 Å². The monoisotopic (exact) mass is 222 g/mol. The summed E-state index contributed by atoms with van der Waals surface area (Å²) < 4.78 is 0. The second-order valence-electron chi connectivity index (χ2n) is 3.10. The van der Waals surface area contributed by atoms with E-state index in [2.05, 4.69) is 5.32 Å². The Bertz CT molecular complexity index is 454. The molecule has 0 aromatic heterocycles. The SMILES string of the molecule is Cc1ccc(N/C=C/[N+](=O)[O-])c(C(=O)O)c1. The fourth-order valence-electron chi connectivity index (χ4n) is 1.15. The third kappa shape index (κ3) is 3.09. The maximum Gasteiger partial charge on any atom is 0.337 e. The minimum atomic E-state index is -1.08. The van der Waals surface area contributed by atoms with Crippen LogP contribution in [-0.2, 0) is 0 Å². The Morgan fingerprint density at radius 1 is 1.56 bits per heavy atom. The van der Waals surface area contributed by atoms with Gasteiger partial charge in [0.1, 0.15) is 0 Å². The molecule has 0 fully saturated rings. The van der Waals surface area contributed by atoms with E-state index in [4.69, 9.17) is 5.11 Å². The third-order valence-corrected chi connectivity index (χ3v) is 1.84. The van der Waals surface area contributed by atoms with Crippen LogP contribution in [0.4, 0.5) is 5.69 Å². The van der Waals surface area contributed by atoms with Crippen LogP contribution in [0.5, 0.6) is 0 Å². The number of hydrogen-bond donors (Lipinski definition) is 2. The van der Waals surface area contributed by atoms with Gasteiger partial charge in [0.25, 0.3) is 0 Å². The van der Waals surface area contributed by atoms with E-state index in [1.54, 1.807) is 19.1 Å². The number of aromatic carboxylic acids is 1. The smallest absolute Gasteiger partial charge is 0.337 e. The first kappa shape index (κ1) is 11.7. The zero-order valence-electron chi connectivity index (χ0n) is 8.51. The lowest BCUT2D eigenvalue weighted by atomic mass is 10.1. The first-order chi connectivity index (χ1) is 7.50. The topological polar surface area (TPSA) is 92.5 Å². The van der Waals surface area contributed by atoms with Crippen molar-refractivity contribution in [1.29, 1.82) is 0 Å². The van der Waals surface area contributed by atoms with Gasteiger partial charge in [-0.25, -0.2) is 4.79 Å². The largest absolute Gasteiger partial charge is 0.478 e. The van der Waals surface area contributed by atoms with Crippen molar-refractivity contribution in [2.45, 2.75) is 6.92 Å². The highest BCUT2D eigenvalue weighted by Gasteiger charge is 2.08. The number of benzene rings is 1. The molecule has 6 nitrogen and oxygen atoms in total. The second-order valence-corrected chi connectivity index (χ2v) is 3.10. The molecule has 0 radical (unpaired) electrons. The molecule has 0 aliphatic heterocycles. The van der Waals surface area contributed by atoms with E-state index in [1.807, 2.05) is 0 Å². The number of carboxylic acid groups (broad SMARTS) is 1. The highest BCUT2D eigenvalue weighted by atomic mass is 16.6. The molecule has 0 spiro atoms. The van der Waals surface area contributed by atoms with Gasteiger partial charge in [-0.1, -0.05) is 11.6 Å². The van der Waals surface area contributed by atoms with E-state index in [9.17, 15) is 14.9 Å². The van der Waals surface area contributed by atoms with Gasteiger partial charge < -0.3 is 10.4 Å². The quantitative estimate of drug-likeness (QED) is 0.599. The maximum absolute atomic E-state index is 10.9. The molecule has 6 heteroatoms. The predicted molar refractivity (Wildman–Crippen MR) is 57.9 cm³/mol. The predicted octanol–water partition coefficient (Wildman–Crippen LogP) is 1.85. The van der Waals surface area contributed by atoms with Crippen LogP contribution in [0.2, 0.25) is 0 Å². The Hall–Kier alpha value is -2.37. The molecule has 0 aliphatic rings. The maximum atomic E-state index is 10.9. The van der Waals surface area contributed by atoms with Crippen LogP contribution >= 0.6 is 0 Å². The highest BCUT2D eigenvalue weighted by Crippen LogP contribution is 2.17. The number of carbonyl (C=O) groups is 1. The molecule has 0 atom stereocenters. The number of nitrogens with zero attached hydrogens (tertiary/aromatic N) is 1. The minimum Gasteiger partial charge on any atom is -0.478 e. The number of nitro groups is 1. The summed E-state index contributed by atoms with van der Waals surface area (Å²) in [6.45, 7) is 1.77. The van der Waals surface area contributed by atoms with Crippen molar-refractivity contribution >= 4 is 11.7 Å². The van der Waals surface area contributed by atoms with Crippen molar-refractivity contribution < 1.29 is 14.8 Å². The van der Waals surface area contributed by atoms with Crippen LogP contribution in [0.3, 0.4) is 0 Å². The van der Waals surface area contributed by atoms with Gasteiger partial charge in [0, 0.05) is 0 Å². The standard InChI is InChI=1S/C10H10N2O4/c1-7-2-3-9(8(6-7)10(13)14)11-4-5-12(15)16/h2-6,11H,1H3,(H,13,14)/b5-4+. The summed E-state index contributed by atoms with van der Waals surface area (Å²) in [5.41, 5.74) is 1.20. The zero-order chi connectivity index (χ0) is 12.1. The lowest BCUT2D eigenvalue weighted by Gasteiger charge is -2.05. The zero-order valence-corrected chi connectivity index (χ0v) is 8.51. The summed E-state index contributed by atoms with van der Waals surface area (Å²) in [4.78, 5) is 20.3. The molecule has 0 heterocycles.